The molecule has 0 aliphatic rings. The number of hydrogen-bond acceptors (Lipinski definition) is 6. The van der Waals surface area contributed by atoms with Gasteiger partial charge in [-0.25, -0.2) is 4.79 Å². The van der Waals surface area contributed by atoms with Gasteiger partial charge in [-0.2, -0.15) is 0 Å². The van der Waals surface area contributed by atoms with E-state index in [1.165, 1.54) is 83.5 Å². The Balaban J connectivity index is 3.96. The van der Waals surface area contributed by atoms with E-state index in [-0.39, 0.29) is 13.2 Å². The van der Waals surface area contributed by atoms with Crippen molar-refractivity contribution in [2.24, 2.45) is 0 Å². The van der Waals surface area contributed by atoms with Gasteiger partial charge in [-0.05, 0) is 19.8 Å². The minimum atomic E-state index is -4.44. The number of carbonyl (C=O) groups excluding carboxylic acids is 1. The van der Waals surface area contributed by atoms with E-state index in [4.69, 9.17) is 13.8 Å². The maximum absolute atomic E-state index is 12.1. The van der Waals surface area contributed by atoms with Crippen LogP contribution in [0.2, 0.25) is 0 Å². The van der Waals surface area contributed by atoms with Gasteiger partial charge in [0, 0.05) is 6.54 Å². The standard InChI is InChI=1S/C28H59N2O6P/c1-6-8-9-10-11-12-13-14-15-16-17-18-19-20-21-22-23-27(36-28(31)29-7-2)26-35-37(32,33)34-25-24-30(3,4)5/h27H,6-26H2,1-5H3,(H-,29,31,32,33). The third-order valence-electron chi connectivity index (χ3n) is 6.40. The Morgan fingerprint density at radius 3 is 1.68 bits per heavy atom. The normalized spacial score (nSPS) is 14.3. The molecule has 0 aliphatic carbocycles. The van der Waals surface area contributed by atoms with E-state index in [0.29, 0.717) is 24.0 Å². The molecule has 0 bridgehead atoms. The lowest BCUT2D eigenvalue weighted by atomic mass is 10.0. The van der Waals surface area contributed by atoms with Gasteiger partial charge in [0.05, 0.1) is 27.7 Å². The van der Waals surface area contributed by atoms with Crippen molar-refractivity contribution in [1.82, 2.24) is 5.32 Å². The molecular formula is C28H59N2O6P. The number of hydrogen-bond donors (Lipinski definition) is 1. The van der Waals surface area contributed by atoms with E-state index in [0.717, 1.165) is 19.3 Å². The zero-order valence-electron chi connectivity index (χ0n) is 24.8. The first-order valence-electron chi connectivity index (χ1n) is 14.9. The highest BCUT2D eigenvalue weighted by molar-refractivity contribution is 7.45. The molecule has 222 valence electrons. The van der Waals surface area contributed by atoms with Crippen LogP contribution in [0.3, 0.4) is 0 Å². The first-order chi connectivity index (χ1) is 17.6. The molecule has 2 atom stereocenters. The number of nitrogens with zero attached hydrogens (tertiary/aromatic N) is 1. The Kier molecular flexibility index (Phi) is 22.8. The largest absolute Gasteiger partial charge is 0.756 e. The Bertz CT molecular complexity index is 586. The Hall–Kier alpha value is -0.660. The maximum Gasteiger partial charge on any atom is 0.407 e. The molecule has 0 aromatic heterocycles. The van der Waals surface area contributed by atoms with Crippen LogP contribution >= 0.6 is 7.82 Å². The quantitative estimate of drug-likeness (QED) is 0.0710. The molecule has 0 spiro atoms. The van der Waals surface area contributed by atoms with Gasteiger partial charge in [0.25, 0.3) is 7.82 Å². The predicted molar refractivity (Wildman–Crippen MR) is 151 cm³/mol. The first-order valence-corrected chi connectivity index (χ1v) is 16.4. The van der Waals surface area contributed by atoms with Crippen LogP contribution in [-0.4, -0.2) is 64.1 Å². The van der Waals surface area contributed by atoms with Gasteiger partial charge < -0.3 is 28.5 Å². The Morgan fingerprint density at radius 1 is 0.784 bits per heavy atom. The van der Waals surface area contributed by atoms with Crippen LogP contribution in [0.15, 0.2) is 0 Å². The third kappa shape index (κ3) is 26.7. The van der Waals surface area contributed by atoms with E-state index in [9.17, 15) is 14.3 Å². The highest BCUT2D eigenvalue weighted by Gasteiger charge is 2.19. The second-order valence-corrected chi connectivity index (χ2v) is 12.7. The summed E-state index contributed by atoms with van der Waals surface area (Å²) < 4.78 is 28.0. The summed E-state index contributed by atoms with van der Waals surface area (Å²) >= 11 is 0. The highest BCUT2D eigenvalue weighted by atomic mass is 31.2. The van der Waals surface area contributed by atoms with Crippen molar-refractivity contribution in [3.05, 3.63) is 0 Å². The molecule has 2 unspecified atom stereocenters. The Morgan fingerprint density at radius 2 is 1.24 bits per heavy atom. The topological polar surface area (TPSA) is 96.9 Å². The van der Waals surface area contributed by atoms with Crippen LogP contribution in [0.1, 0.15) is 123 Å². The fraction of sp³-hybridized carbons (Fsp3) is 0.964. The van der Waals surface area contributed by atoms with E-state index >= 15 is 0 Å². The monoisotopic (exact) mass is 550 g/mol. The van der Waals surface area contributed by atoms with E-state index in [2.05, 4.69) is 12.2 Å². The van der Waals surface area contributed by atoms with Crippen molar-refractivity contribution in [2.45, 2.75) is 129 Å². The van der Waals surface area contributed by atoms with Crippen molar-refractivity contribution in [2.75, 3.05) is 47.4 Å². The average Bonchev–Trinajstić information content (AvgIpc) is 2.81. The Labute approximate surface area is 228 Å². The molecule has 1 amide bonds. The molecule has 0 rings (SSSR count). The van der Waals surface area contributed by atoms with Crippen LogP contribution in [0.25, 0.3) is 0 Å². The number of rotatable bonds is 26. The molecule has 0 aliphatic heterocycles. The lowest BCUT2D eigenvalue weighted by molar-refractivity contribution is -0.870. The zero-order valence-corrected chi connectivity index (χ0v) is 25.7. The summed E-state index contributed by atoms with van der Waals surface area (Å²) in [6.45, 7) is 4.87. The molecule has 0 saturated heterocycles. The summed E-state index contributed by atoms with van der Waals surface area (Å²) in [5.74, 6) is 0. The second-order valence-electron chi connectivity index (χ2n) is 11.2. The van der Waals surface area contributed by atoms with Crippen LogP contribution in [0.4, 0.5) is 4.79 Å². The van der Waals surface area contributed by atoms with Gasteiger partial charge >= 0.3 is 6.09 Å². The smallest absolute Gasteiger partial charge is 0.407 e. The van der Waals surface area contributed by atoms with Crippen LogP contribution in [0, 0.1) is 0 Å². The molecule has 37 heavy (non-hydrogen) atoms. The number of ether oxygens (including phenoxy) is 1. The molecule has 1 N–H and O–H groups in total. The third-order valence-corrected chi connectivity index (χ3v) is 7.37. The minimum absolute atomic E-state index is 0.0469. The van der Waals surface area contributed by atoms with Crippen molar-refractivity contribution in [1.29, 1.82) is 0 Å². The van der Waals surface area contributed by atoms with Gasteiger partial charge in [0.2, 0.25) is 0 Å². The number of alkyl carbamates (subject to hydrolysis) is 1. The zero-order chi connectivity index (χ0) is 27.8. The van der Waals surface area contributed by atoms with E-state index in [1.807, 2.05) is 21.1 Å². The van der Waals surface area contributed by atoms with Gasteiger partial charge in [-0.3, -0.25) is 4.57 Å². The van der Waals surface area contributed by atoms with Crippen molar-refractivity contribution in [3.63, 3.8) is 0 Å². The summed E-state index contributed by atoms with van der Waals surface area (Å²) in [4.78, 5) is 23.9. The number of carbonyl (C=O) groups is 1. The molecule has 0 aromatic rings. The lowest BCUT2D eigenvalue weighted by Crippen LogP contribution is -2.37. The predicted octanol–water partition coefficient (Wildman–Crippen LogP) is 6.96. The first kappa shape index (κ1) is 36.3. The molecule has 0 aromatic carbocycles. The number of phosphoric ester groups is 1. The SMILES string of the molecule is CCCCCCCCCCCCCCCCCCC(COP(=O)([O-])OCC[N+](C)(C)C)OC(=O)NCC. The van der Waals surface area contributed by atoms with Gasteiger partial charge in [-0.1, -0.05) is 103 Å². The summed E-state index contributed by atoms with van der Waals surface area (Å²) in [5.41, 5.74) is 0. The summed E-state index contributed by atoms with van der Waals surface area (Å²) in [7, 11) is 1.42. The fourth-order valence-electron chi connectivity index (χ4n) is 4.07. The molecule has 0 saturated carbocycles. The van der Waals surface area contributed by atoms with Gasteiger partial charge in [0.1, 0.15) is 19.3 Å². The fourth-order valence-corrected chi connectivity index (χ4v) is 4.80. The van der Waals surface area contributed by atoms with Crippen molar-refractivity contribution in [3.8, 4) is 0 Å². The van der Waals surface area contributed by atoms with E-state index < -0.39 is 20.0 Å². The highest BCUT2D eigenvalue weighted by Crippen LogP contribution is 2.38. The number of unbranched alkanes of at least 4 members (excludes halogenated alkanes) is 15. The second kappa shape index (κ2) is 23.2. The molecular weight excluding hydrogens is 491 g/mol. The maximum atomic E-state index is 12.1. The van der Waals surface area contributed by atoms with Crippen LogP contribution in [0.5, 0.6) is 0 Å². The molecule has 8 nitrogen and oxygen atoms in total. The molecule has 0 fully saturated rings. The average molecular weight is 551 g/mol. The van der Waals surface area contributed by atoms with E-state index in [1.54, 1.807) is 6.92 Å². The molecule has 0 heterocycles. The minimum Gasteiger partial charge on any atom is -0.756 e. The number of likely N-dealkylation sites (N-methyl/N-ethyl adjacent to an activating group) is 1. The molecule has 9 heteroatoms. The van der Waals surface area contributed by atoms with Crippen LogP contribution in [-0.2, 0) is 18.3 Å². The number of phosphoric acid groups is 1. The molecule has 0 radical (unpaired) electrons. The van der Waals surface area contributed by atoms with Crippen molar-refractivity contribution >= 4 is 13.9 Å². The van der Waals surface area contributed by atoms with Gasteiger partial charge in [-0.15, -0.1) is 0 Å². The summed E-state index contributed by atoms with van der Waals surface area (Å²) in [5, 5.41) is 2.58. The van der Waals surface area contributed by atoms with Crippen LogP contribution < -0.4 is 10.2 Å². The summed E-state index contributed by atoms with van der Waals surface area (Å²) in [6.07, 6.45) is 20.0. The lowest BCUT2D eigenvalue weighted by Gasteiger charge is -2.28. The number of amides is 1. The number of nitrogens with one attached hydrogen (secondary N) is 1. The van der Waals surface area contributed by atoms with Gasteiger partial charge in [0.15, 0.2) is 0 Å². The number of quaternary nitrogens is 1. The van der Waals surface area contributed by atoms with Crippen molar-refractivity contribution < 1.29 is 32.5 Å². The summed E-state index contributed by atoms with van der Waals surface area (Å²) in [6, 6.07) is 0.